The molecular weight excluding hydrogens is 521 g/mol. The summed E-state index contributed by atoms with van der Waals surface area (Å²) in [4.78, 5) is 7.16. The second-order valence-corrected chi connectivity index (χ2v) is 7.51. The molecule has 1 fully saturated rings. The Morgan fingerprint density at radius 2 is 2.16 bits per heavy atom. The molecule has 1 aliphatic rings. The minimum Gasteiger partial charge on any atom is -0.493 e. The first kappa shape index (κ1) is 26.2. The van der Waals surface area contributed by atoms with Crippen LogP contribution < -0.4 is 14.8 Å². The maximum Gasteiger partial charge on any atom is 0.194 e. The summed E-state index contributed by atoms with van der Waals surface area (Å²) in [6, 6.07) is 6.13. The van der Waals surface area contributed by atoms with E-state index < -0.39 is 0 Å². The van der Waals surface area contributed by atoms with Crippen LogP contribution in [0.1, 0.15) is 37.5 Å². The Labute approximate surface area is 208 Å². The number of methoxy groups -OCH3 is 1. The van der Waals surface area contributed by atoms with Gasteiger partial charge in [0.1, 0.15) is 6.10 Å². The second-order valence-electron chi connectivity index (χ2n) is 7.51. The molecule has 178 valence electrons. The van der Waals surface area contributed by atoms with Gasteiger partial charge in [-0.1, -0.05) is 6.07 Å². The normalized spacial score (nSPS) is 16.4. The summed E-state index contributed by atoms with van der Waals surface area (Å²) in [5, 5.41) is 7.70. The number of halogens is 1. The van der Waals surface area contributed by atoms with Crippen LogP contribution >= 0.6 is 24.0 Å². The third-order valence-electron chi connectivity index (χ3n) is 5.21. The van der Waals surface area contributed by atoms with Crippen LogP contribution in [0.5, 0.6) is 11.5 Å². The highest BCUT2D eigenvalue weighted by Gasteiger charge is 2.25. The Morgan fingerprint density at radius 1 is 1.31 bits per heavy atom. The summed E-state index contributed by atoms with van der Waals surface area (Å²) in [5.74, 6) is 2.52. The summed E-state index contributed by atoms with van der Waals surface area (Å²) in [6.07, 6.45) is 5.81. The van der Waals surface area contributed by atoms with Crippen molar-refractivity contribution in [2.24, 2.45) is 12.0 Å². The maximum absolute atomic E-state index is 5.97. The van der Waals surface area contributed by atoms with Crippen LogP contribution in [0.15, 0.2) is 35.6 Å². The smallest absolute Gasteiger partial charge is 0.194 e. The molecule has 2 heterocycles. The van der Waals surface area contributed by atoms with Crippen molar-refractivity contribution in [3.05, 3.63) is 41.7 Å². The van der Waals surface area contributed by atoms with Gasteiger partial charge in [0.05, 0.1) is 33.1 Å². The van der Waals surface area contributed by atoms with Crippen LogP contribution in [-0.2, 0) is 18.2 Å². The van der Waals surface area contributed by atoms with Crippen molar-refractivity contribution in [3.8, 4) is 11.5 Å². The van der Waals surface area contributed by atoms with Gasteiger partial charge in [0.25, 0.3) is 0 Å². The quantitative estimate of drug-likeness (QED) is 0.221. The number of ether oxygens (including phenoxy) is 3. The first-order valence-corrected chi connectivity index (χ1v) is 11.1. The lowest BCUT2D eigenvalue weighted by atomic mass is 10.1. The largest absolute Gasteiger partial charge is 0.493 e. The van der Waals surface area contributed by atoms with Crippen molar-refractivity contribution in [1.29, 1.82) is 0 Å². The fraction of sp³-hybridized carbons (Fsp3) is 0.565. The molecule has 1 unspecified atom stereocenters. The Bertz CT molecular complexity index is 858. The van der Waals surface area contributed by atoms with Crippen LogP contribution in [0.4, 0.5) is 0 Å². The predicted molar refractivity (Wildman–Crippen MR) is 137 cm³/mol. The number of rotatable bonds is 9. The van der Waals surface area contributed by atoms with E-state index in [-0.39, 0.29) is 30.1 Å². The Morgan fingerprint density at radius 3 is 2.84 bits per heavy atom. The minimum atomic E-state index is 0. The van der Waals surface area contributed by atoms with Crippen LogP contribution in [0.25, 0.3) is 0 Å². The molecule has 32 heavy (non-hydrogen) atoms. The molecular formula is C23H36IN5O3. The molecule has 0 aliphatic carbocycles. The van der Waals surface area contributed by atoms with Gasteiger partial charge >= 0.3 is 0 Å². The first-order chi connectivity index (χ1) is 15.1. The molecule has 1 aromatic carbocycles. The standard InChI is InChI=1S/C23H35N5O3.HI/c1-5-24-23(28-12-13-31-22(17-28)19-15-26-27(3)16-19)25-11-7-8-18-9-10-20(29-4)21(14-18)30-6-2;/h9-10,14-16,22H,5-8,11-13,17H2,1-4H3,(H,24,25);1H. The molecule has 2 aromatic rings. The molecule has 3 rings (SSSR count). The molecule has 0 bridgehead atoms. The Kier molecular flexibility index (Phi) is 11.1. The van der Waals surface area contributed by atoms with Gasteiger partial charge in [0, 0.05) is 38.4 Å². The highest BCUT2D eigenvalue weighted by molar-refractivity contribution is 14.0. The van der Waals surface area contributed by atoms with Crippen LogP contribution in [0, 0.1) is 0 Å². The molecule has 0 saturated carbocycles. The maximum atomic E-state index is 5.97. The number of nitrogens with zero attached hydrogens (tertiary/aromatic N) is 4. The Balaban J connectivity index is 0.00000363. The monoisotopic (exact) mass is 557 g/mol. The average molecular weight is 557 g/mol. The van der Waals surface area contributed by atoms with E-state index in [4.69, 9.17) is 19.2 Å². The van der Waals surface area contributed by atoms with Gasteiger partial charge in [-0.15, -0.1) is 24.0 Å². The number of nitrogens with one attached hydrogen (secondary N) is 1. The van der Waals surface area contributed by atoms with E-state index in [1.165, 1.54) is 5.56 Å². The lowest BCUT2D eigenvalue weighted by molar-refractivity contribution is -0.00804. The minimum absolute atomic E-state index is 0. The summed E-state index contributed by atoms with van der Waals surface area (Å²) < 4.78 is 18.8. The van der Waals surface area contributed by atoms with Crippen molar-refractivity contribution >= 4 is 29.9 Å². The zero-order valence-electron chi connectivity index (χ0n) is 19.5. The summed E-state index contributed by atoms with van der Waals surface area (Å²) >= 11 is 0. The molecule has 1 atom stereocenters. The topological polar surface area (TPSA) is 73.1 Å². The number of guanidine groups is 1. The third-order valence-corrected chi connectivity index (χ3v) is 5.21. The third kappa shape index (κ3) is 7.26. The fourth-order valence-electron chi connectivity index (χ4n) is 3.69. The zero-order valence-corrected chi connectivity index (χ0v) is 21.9. The fourth-order valence-corrected chi connectivity index (χ4v) is 3.69. The van der Waals surface area contributed by atoms with Crippen LogP contribution in [0.3, 0.4) is 0 Å². The van der Waals surface area contributed by atoms with Crippen molar-refractivity contribution in [2.75, 3.05) is 46.5 Å². The predicted octanol–water partition coefficient (Wildman–Crippen LogP) is 3.42. The van der Waals surface area contributed by atoms with Crippen molar-refractivity contribution in [2.45, 2.75) is 32.8 Å². The van der Waals surface area contributed by atoms with Gasteiger partial charge in [0.15, 0.2) is 17.5 Å². The molecule has 0 radical (unpaired) electrons. The van der Waals surface area contributed by atoms with Gasteiger partial charge in [-0.2, -0.15) is 5.10 Å². The molecule has 0 amide bonds. The number of benzene rings is 1. The van der Waals surface area contributed by atoms with E-state index in [1.54, 1.807) is 7.11 Å². The SMILES string of the molecule is CCNC(=NCCCc1ccc(OC)c(OCC)c1)N1CCOC(c2cnn(C)c2)C1.I. The number of hydrogen-bond donors (Lipinski definition) is 1. The lowest BCUT2D eigenvalue weighted by Gasteiger charge is -2.34. The van der Waals surface area contributed by atoms with Gasteiger partial charge in [-0.25, -0.2) is 0 Å². The summed E-state index contributed by atoms with van der Waals surface area (Å²) in [7, 11) is 3.59. The van der Waals surface area contributed by atoms with Crippen LogP contribution in [0.2, 0.25) is 0 Å². The second kappa shape index (κ2) is 13.5. The summed E-state index contributed by atoms with van der Waals surface area (Å²) in [5.41, 5.74) is 2.33. The first-order valence-electron chi connectivity index (χ1n) is 11.1. The van der Waals surface area contributed by atoms with E-state index in [0.717, 1.165) is 62.0 Å². The van der Waals surface area contributed by atoms with E-state index in [1.807, 2.05) is 37.1 Å². The zero-order chi connectivity index (χ0) is 22.1. The molecule has 9 heteroatoms. The lowest BCUT2D eigenvalue weighted by Crippen LogP contribution is -2.48. The number of aromatic nitrogens is 2. The van der Waals surface area contributed by atoms with Crippen molar-refractivity contribution in [3.63, 3.8) is 0 Å². The molecule has 1 N–H and O–H groups in total. The van der Waals surface area contributed by atoms with Crippen molar-refractivity contribution in [1.82, 2.24) is 20.0 Å². The molecule has 1 aliphatic heterocycles. The van der Waals surface area contributed by atoms with Gasteiger partial charge in [-0.3, -0.25) is 9.67 Å². The number of aliphatic imine (C=N–C) groups is 1. The molecule has 0 spiro atoms. The molecule has 8 nitrogen and oxygen atoms in total. The van der Waals surface area contributed by atoms with Crippen LogP contribution in [-0.4, -0.2) is 67.1 Å². The average Bonchev–Trinajstić information content (AvgIpc) is 3.23. The number of morpholine rings is 1. The molecule has 1 saturated heterocycles. The highest BCUT2D eigenvalue weighted by atomic mass is 127. The summed E-state index contributed by atoms with van der Waals surface area (Å²) in [6.45, 7) is 8.57. The van der Waals surface area contributed by atoms with E-state index in [2.05, 4.69) is 34.4 Å². The van der Waals surface area contributed by atoms with E-state index in [0.29, 0.717) is 13.2 Å². The van der Waals surface area contributed by atoms with Gasteiger partial charge in [-0.05, 0) is 44.4 Å². The van der Waals surface area contributed by atoms with E-state index in [9.17, 15) is 0 Å². The van der Waals surface area contributed by atoms with Gasteiger partial charge < -0.3 is 24.4 Å². The highest BCUT2D eigenvalue weighted by Crippen LogP contribution is 2.28. The van der Waals surface area contributed by atoms with E-state index >= 15 is 0 Å². The van der Waals surface area contributed by atoms with Crippen molar-refractivity contribution < 1.29 is 14.2 Å². The number of aryl methyl sites for hydroxylation is 2. The molecule has 1 aromatic heterocycles. The Hall–Kier alpha value is -2.01. The van der Waals surface area contributed by atoms with Gasteiger partial charge in [0.2, 0.25) is 0 Å². The number of hydrogen-bond acceptors (Lipinski definition) is 5.